The molecule has 0 atom stereocenters. The summed E-state index contributed by atoms with van der Waals surface area (Å²) < 4.78 is 27.9. The SMILES string of the molecule is Cc1ccc(S(=O)(=O)Nc2cccc3ccc(/C=N/NC(N)=O)nc23)cc1. The van der Waals surface area contributed by atoms with E-state index < -0.39 is 16.1 Å². The van der Waals surface area contributed by atoms with Crippen LogP contribution in [0, 0.1) is 6.92 Å². The second kappa shape index (κ2) is 7.42. The van der Waals surface area contributed by atoms with Gasteiger partial charge in [0.15, 0.2) is 0 Å². The number of hydrogen-bond donors (Lipinski definition) is 3. The molecular weight excluding hydrogens is 366 g/mol. The van der Waals surface area contributed by atoms with Gasteiger partial charge in [-0.1, -0.05) is 35.9 Å². The monoisotopic (exact) mass is 383 g/mol. The van der Waals surface area contributed by atoms with Gasteiger partial charge in [-0.15, -0.1) is 0 Å². The number of carbonyl (C=O) groups excluding carboxylic acids is 1. The van der Waals surface area contributed by atoms with Crippen LogP contribution in [0.5, 0.6) is 0 Å². The standard InChI is InChI=1S/C18H17N5O3S/c1-12-5-9-15(10-6-12)27(25,26)23-16-4-2-3-13-7-8-14(21-17(13)16)11-20-22-18(19)24/h2-11,23H,1H3,(H3,19,22,24)/b20-11+. The van der Waals surface area contributed by atoms with Crippen molar-refractivity contribution < 1.29 is 13.2 Å². The molecule has 0 fully saturated rings. The quantitative estimate of drug-likeness (QED) is 0.462. The number of rotatable bonds is 5. The van der Waals surface area contributed by atoms with Gasteiger partial charge < -0.3 is 5.73 Å². The van der Waals surface area contributed by atoms with Crippen molar-refractivity contribution >= 4 is 38.9 Å². The average molecular weight is 383 g/mol. The average Bonchev–Trinajstić information content (AvgIpc) is 2.62. The third-order valence-corrected chi connectivity index (χ3v) is 5.07. The topological polar surface area (TPSA) is 127 Å². The Morgan fingerprint density at radius 1 is 1.11 bits per heavy atom. The third-order valence-electron chi connectivity index (χ3n) is 3.69. The van der Waals surface area contributed by atoms with Crippen LogP contribution in [0.1, 0.15) is 11.3 Å². The van der Waals surface area contributed by atoms with Crippen molar-refractivity contribution in [2.24, 2.45) is 10.8 Å². The number of pyridine rings is 1. The molecule has 0 saturated carbocycles. The lowest BCUT2D eigenvalue weighted by molar-refractivity contribution is 0.249. The van der Waals surface area contributed by atoms with Crippen LogP contribution in [0.2, 0.25) is 0 Å². The first-order valence-electron chi connectivity index (χ1n) is 7.93. The van der Waals surface area contributed by atoms with Crippen LogP contribution in [-0.4, -0.2) is 25.6 Å². The molecule has 0 spiro atoms. The summed E-state index contributed by atoms with van der Waals surface area (Å²) in [5.41, 5.74) is 9.21. The highest BCUT2D eigenvalue weighted by Gasteiger charge is 2.16. The summed E-state index contributed by atoms with van der Waals surface area (Å²) in [6, 6.07) is 14.4. The van der Waals surface area contributed by atoms with E-state index in [1.807, 2.05) is 13.0 Å². The van der Waals surface area contributed by atoms with Crippen LogP contribution < -0.4 is 15.9 Å². The van der Waals surface area contributed by atoms with E-state index in [4.69, 9.17) is 5.73 Å². The number of benzene rings is 2. The molecular formula is C18H17N5O3S. The largest absolute Gasteiger partial charge is 0.350 e. The van der Waals surface area contributed by atoms with Gasteiger partial charge in [0.2, 0.25) is 0 Å². The molecule has 0 radical (unpaired) electrons. The van der Waals surface area contributed by atoms with Crippen LogP contribution >= 0.6 is 0 Å². The van der Waals surface area contributed by atoms with Crippen LogP contribution in [0.25, 0.3) is 10.9 Å². The Labute approximate surface area is 156 Å². The van der Waals surface area contributed by atoms with Gasteiger partial charge in [-0.05, 0) is 31.2 Å². The van der Waals surface area contributed by atoms with Gasteiger partial charge in [0, 0.05) is 5.39 Å². The zero-order valence-corrected chi connectivity index (χ0v) is 15.2. The first-order valence-corrected chi connectivity index (χ1v) is 9.41. The third kappa shape index (κ3) is 4.39. The van der Waals surface area contributed by atoms with Crippen molar-refractivity contribution in [3.05, 3.63) is 65.9 Å². The Morgan fingerprint density at radius 3 is 2.56 bits per heavy atom. The predicted molar refractivity (Wildman–Crippen MR) is 104 cm³/mol. The van der Waals surface area contributed by atoms with Gasteiger partial charge in [-0.25, -0.2) is 23.6 Å². The van der Waals surface area contributed by atoms with Gasteiger partial charge in [0.1, 0.15) is 0 Å². The van der Waals surface area contributed by atoms with Crippen LogP contribution in [0.4, 0.5) is 10.5 Å². The molecule has 3 aromatic rings. The van der Waals surface area contributed by atoms with Gasteiger partial charge in [-0.3, -0.25) is 4.72 Å². The van der Waals surface area contributed by atoms with Crippen LogP contribution in [-0.2, 0) is 10.0 Å². The molecule has 1 heterocycles. The number of hydrazone groups is 1. The summed E-state index contributed by atoms with van der Waals surface area (Å²) in [7, 11) is -3.76. The molecule has 0 unspecified atom stereocenters. The van der Waals surface area contributed by atoms with Gasteiger partial charge in [0.25, 0.3) is 10.0 Å². The number of hydrogen-bond acceptors (Lipinski definition) is 5. The number of aryl methyl sites for hydroxylation is 1. The Kier molecular flexibility index (Phi) is 5.04. The number of fused-ring (bicyclic) bond motifs is 1. The minimum absolute atomic E-state index is 0.161. The molecule has 2 aromatic carbocycles. The fourth-order valence-electron chi connectivity index (χ4n) is 2.40. The number of amides is 2. The van der Waals surface area contributed by atoms with Gasteiger partial charge >= 0.3 is 6.03 Å². The van der Waals surface area contributed by atoms with E-state index in [1.165, 1.54) is 6.21 Å². The molecule has 0 aliphatic heterocycles. The number of anilines is 1. The second-order valence-electron chi connectivity index (χ2n) is 5.77. The first kappa shape index (κ1) is 18.3. The summed E-state index contributed by atoms with van der Waals surface area (Å²) in [4.78, 5) is 15.2. The first-order chi connectivity index (χ1) is 12.8. The molecule has 3 rings (SSSR count). The maximum absolute atomic E-state index is 12.7. The normalized spacial score (nSPS) is 11.6. The number of urea groups is 1. The molecule has 0 aliphatic rings. The molecule has 138 valence electrons. The zero-order chi connectivity index (χ0) is 19.4. The summed E-state index contributed by atoms with van der Waals surface area (Å²) >= 11 is 0. The second-order valence-corrected chi connectivity index (χ2v) is 7.45. The molecule has 8 nitrogen and oxygen atoms in total. The number of sulfonamides is 1. The lowest BCUT2D eigenvalue weighted by Gasteiger charge is -2.11. The molecule has 2 amide bonds. The smallest absolute Gasteiger partial charge is 0.332 e. The molecule has 4 N–H and O–H groups in total. The van der Waals surface area contributed by atoms with Crippen molar-refractivity contribution in [3.63, 3.8) is 0 Å². The Morgan fingerprint density at radius 2 is 1.85 bits per heavy atom. The van der Waals surface area contributed by atoms with E-state index in [0.29, 0.717) is 16.9 Å². The summed E-state index contributed by atoms with van der Waals surface area (Å²) in [6.07, 6.45) is 1.31. The Bertz CT molecular complexity index is 1130. The van der Waals surface area contributed by atoms with Crippen molar-refractivity contribution in [2.45, 2.75) is 11.8 Å². The molecule has 27 heavy (non-hydrogen) atoms. The highest BCUT2D eigenvalue weighted by Crippen LogP contribution is 2.24. The number of para-hydroxylation sites is 1. The zero-order valence-electron chi connectivity index (χ0n) is 14.4. The van der Waals surface area contributed by atoms with E-state index >= 15 is 0 Å². The van der Waals surface area contributed by atoms with Gasteiger partial charge in [0.05, 0.1) is 28.0 Å². The number of nitrogens with zero attached hydrogens (tertiary/aromatic N) is 2. The van der Waals surface area contributed by atoms with E-state index in [-0.39, 0.29) is 4.90 Å². The number of nitrogens with one attached hydrogen (secondary N) is 2. The summed E-state index contributed by atoms with van der Waals surface area (Å²) in [5, 5.41) is 4.41. The number of carbonyl (C=O) groups is 1. The van der Waals surface area contributed by atoms with E-state index in [0.717, 1.165) is 10.9 Å². The van der Waals surface area contributed by atoms with E-state index in [1.54, 1.807) is 48.5 Å². The summed E-state index contributed by atoms with van der Waals surface area (Å²) in [6.45, 7) is 1.88. The Hall–Kier alpha value is -3.46. The van der Waals surface area contributed by atoms with Crippen molar-refractivity contribution in [1.29, 1.82) is 0 Å². The lowest BCUT2D eigenvalue weighted by Crippen LogP contribution is -2.24. The van der Waals surface area contributed by atoms with Crippen LogP contribution in [0.3, 0.4) is 0 Å². The van der Waals surface area contributed by atoms with E-state index in [9.17, 15) is 13.2 Å². The highest BCUT2D eigenvalue weighted by molar-refractivity contribution is 7.92. The molecule has 9 heteroatoms. The lowest BCUT2D eigenvalue weighted by atomic mass is 10.2. The van der Waals surface area contributed by atoms with Crippen molar-refractivity contribution in [2.75, 3.05) is 4.72 Å². The number of nitrogens with two attached hydrogens (primary N) is 1. The minimum Gasteiger partial charge on any atom is -0.350 e. The van der Waals surface area contributed by atoms with Crippen molar-refractivity contribution in [1.82, 2.24) is 10.4 Å². The molecule has 0 bridgehead atoms. The maximum atomic E-state index is 12.7. The predicted octanol–water partition coefficient (Wildman–Crippen LogP) is 2.35. The number of primary amides is 1. The van der Waals surface area contributed by atoms with E-state index in [2.05, 4.69) is 20.2 Å². The number of aromatic nitrogens is 1. The fraction of sp³-hybridized carbons (Fsp3) is 0.0556. The highest BCUT2D eigenvalue weighted by atomic mass is 32.2. The molecule has 1 aromatic heterocycles. The van der Waals surface area contributed by atoms with Gasteiger partial charge in [-0.2, -0.15) is 5.10 Å². The van der Waals surface area contributed by atoms with Crippen molar-refractivity contribution in [3.8, 4) is 0 Å². The Balaban J connectivity index is 1.97. The molecule has 0 saturated heterocycles. The fourth-order valence-corrected chi connectivity index (χ4v) is 3.47. The summed E-state index contributed by atoms with van der Waals surface area (Å²) in [5.74, 6) is 0. The maximum Gasteiger partial charge on any atom is 0.332 e. The minimum atomic E-state index is -3.76. The van der Waals surface area contributed by atoms with Crippen LogP contribution in [0.15, 0.2) is 64.6 Å². The molecule has 0 aliphatic carbocycles.